The highest BCUT2D eigenvalue weighted by atomic mass is 35.5. The van der Waals surface area contributed by atoms with Crippen LogP contribution in [0.4, 0.5) is 4.79 Å². The molecule has 7 heteroatoms. The van der Waals surface area contributed by atoms with Crippen LogP contribution in [0, 0.1) is 0 Å². The van der Waals surface area contributed by atoms with Gasteiger partial charge in [-0.15, -0.1) is 0 Å². The number of urea groups is 1. The van der Waals surface area contributed by atoms with E-state index in [9.17, 15) is 4.79 Å². The number of hydrogen-bond donors (Lipinski definition) is 2. The topological polar surface area (TPSA) is 85.9 Å². The van der Waals surface area contributed by atoms with Crippen molar-refractivity contribution in [1.82, 2.24) is 5.43 Å². The Labute approximate surface area is 145 Å². The van der Waals surface area contributed by atoms with Gasteiger partial charge in [0, 0.05) is 10.6 Å². The lowest BCUT2D eigenvalue weighted by atomic mass is 10.2. The van der Waals surface area contributed by atoms with Gasteiger partial charge in [0.1, 0.15) is 6.61 Å². The van der Waals surface area contributed by atoms with Crippen LogP contribution in [0.15, 0.2) is 47.6 Å². The molecule has 2 aromatic carbocycles. The van der Waals surface area contributed by atoms with E-state index in [2.05, 4.69) is 10.5 Å². The van der Waals surface area contributed by atoms with Gasteiger partial charge in [0.15, 0.2) is 11.5 Å². The highest BCUT2D eigenvalue weighted by molar-refractivity contribution is 6.31. The molecule has 0 unspecified atom stereocenters. The first-order valence-electron chi connectivity index (χ1n) is 7.31. The van der Waals surface area contributed by atoms with Crippen LogP contribution in [-0.4, -0.2) is 18.9 Å². The molecule has 2 amide bonds. The number of halogens is 1. The fraction of sp³-hybridized carbons (Fsp3) is 0.176. The van der Waals surface area contributed by atoms with E-state index >= 15 is 0 Å². The van der Waals surface area contributed by atoms with Gasteiger partial charge >= 0.3 is 6.03 Å². The van der Waals surface area contributed by atoms with E-state index < -0.39 is 6.03 Å². The van der Waals surface area contributed by atoms with Crippen molar-refractivity contribution < 1.29 is 14.3 Å². The summed E-state index contributed by atoms with van der Waals surface area (Å²) in [5.74, 6) is 1.17. The number of nitrogens with zero attached hydrogens (tertiary/aromatic N) is 1. The lowest BCUT2D eigenvalue weighted by molar-refractivity contribution is 0.249. The largest absolute Gasteiger partial charge is 0.490 e. The lowest BCUT2D eigenvalue weighted by Gasteiger charge is -2.13. The summed E-state index contributed by atoms with van der Waals surface area (Å²) in [5, 5.41) is 4.36. The van der Waals surface area contributed by atoms with E-state index in [1.807, 2.05) is 31.2 Å². The molecule has 0 heterocycles. The minimum Gasteiger partial charge on any atom is -0.490 e. The van der Waals surface area contributed by atoms with Crippen molar-refractivity contribution in [3.63, 3.8) is 0 Å². The SMILES string of the molecule is CCOc1cc(/C=N\NC(N)=O)ccc1OCc1ccccc1Cl. The molecule has 2 aromatic rings. The van der Waals surface area contributed by atoms with E-state index in [1.165, 1.54) is 6.21 Å². The van der Waals surface area contributed by atoms with Crippen LogP contribution in [0.1, 0.15) is 18.1 Å². The van der Waals surface area contributed by atoms with Gasteiger partial charge in [0.25, 0.3) is 0 Å². The second-order valence-corrected chi connectivity index (χ2v) is 5.16. The number of carbonyl (C=O) groups excluding carboxylic acids is 1. The van der Waals surface area contributed by atoms with Crippen molar-refractivity contribution in [2.24, 2.45) is 10.8 Å². The standard InChI is InChI=1S/C17H18ClN3O3/c1-2-23-16-9-12(10-20-21-17(19)22)7-8-15(16)24-11-13-5-3-4-6-14(13)18/h3-10H,2,11H2,1H3,(H3,19,21,22)/b20-10-. The Morgan fingerprint density at radius 3 is 2.75 bits per heavy atom. The summed E-state index contributed by atoms with van der Waals surface area (Å²) < 4.78 is 11.4. The molecular weight excluding hydrogens is 330 g/mol. The summed E-state index contributed by atoms with van der Waals surface area (Å²) in [7, 11) is 0. The number of carbonyl (C=O) groups is 1. The molecule has 0 bridgehead atoms. The van der Waals surface area contributed by atoms with Crippen molar-refractivity contribution >= 4 is 23.8 Å². The van der Waals surface area contributed by atoms with Gasteiger partial charge in [-0.05, 0) is 36.8 Å². The maximum absolute atomic E-state index is 10.6. The van der Waals surface area contributed by atoms with Gasteiger partial charge in [-0.25, -0.2) is 10.2 Å². The summed E-state index contributed by atoms with van der Waals surface area (Å²) >= 11 is 6.13. The fourth-order valence-electron chi connectivity index (χ4n) is 1.93. The number of nitrogens with two attached hydrogens (primary N) is 1. The van der Waals surface area contributed by atoms with E-state index in [1.54, 1.807) is 18.2 Å². The van der Waals surface area contributed by atoms with Gasteiger partial charge in [-0.1, -0.05) is 29.8 Å². The third-order valence-electron chi connectivity index (χ3n) is 3.00. The summed E-state index contributed by atoms with van der Waals surface area (Å²) in [4.78, 5) is 10.6. The first-order chi connectivity index (χ1) is 11.6. The molecule has 3 N–H and O–H groups in total. The average Bonchev–Trinajstić information content (AvgIpc) is 2.55. The molecule has 2 rings (SSSR count). The Bertz CT molecular complexity index is 735. The molecule has 6 nitrogen and oxygen atoms in total. The van der Waals surface area contributed by atoms with E-state index in [-0.39, 0.29) is 0 Å². The highest BCUT2D eigenvalue weighted by Crippen LogP contribution is 2.29. The molecule has 0 atom stereocenters. The van der Waals surface area contributed by atoms with Crippen molar-refractivity contribution in [3.8, 4) is 11.5 Å². The predicted molar refractivity (Wildman–Crippen MR) is 93.7 cm³/mol. The maximum atomic E-state index is 10.6. The molecule has 0 aliphatic carbocycles. The second kappa shape index (κ2) is 8.79. The van der Waals surface area contributed by atoms with E-state index in [0.29, 0.717) is 29.7 Å². The Kier molecular flexibility index (Phi) is 6.45. The van der Waals surface area contributed by atoms with Gasteiger partial charge in [0.05, 0.1) is 12.8 Å². The zero-order chi connectivity index (χ0) is 17.4. The number of amides is 2. The number of hydrazone groups is 1. The quantitative estimate of drug-likeness (QED) is 0.595. The van der Waals surface area contributed by atoms with Crippen molar-refractivity contribution in [3.05, 3.63) is 58.6 Å². The van der Waals surface area contributed by atoms with Crippen LogP contribution < -0.4 is 20.6 Å². The molecule has 0 radical (unpaired) electrons. The predicted octanol–water partition coefficient (Wildman–Crippen LogP) is 3.32. The summed E-state index contributed by atoms with van der Waals surface area (Å²) in [6.45, 7) is 2.70. The normalized spacial score (nSPS) is 10.6. The summed E-state index contributed by atoms with van der Waals surface area (Å²) in [5.41, 5.74) is 8.70. The Morgan fingerprint density at radius 2 is 2.04 bits per heavy atom. The molecule has 0 aliphatic rings. The van der Waals surface area contributed by atoms with Gasteiger partial charge in [-0.2, -0.15) is 5.10 Å². The van der Waals surface area contributed by atoms with Crippen LogP contribution in [0.25, 0.3) is 0 Å². The number of primary amides is 1. The number of hydrogen-bond acceptors (Lipinski definition) is 4. The Morgan fingerprint density at radius 1 is 1.25 bits per heavy atom. The first-order valence-corrected chi connectivity index (χ1v) is 7.69. The molecule has 0 saturated carbocycles. The lowest BCUT2D eigenvalue weighted by Crippen LogP contribution is -2.24. The average molecular weight is 348 g/mol. The highest BCUT2D eigenvalue weighted by Gasteiger charge is 2.07. The number of benzene rings is 2. The van der Waals surface area contributed by atoms with Crippen LogP contribution in [0.3, 0.4) is 0 Å². The molecule has 0 aromatic heterocycles. The third-order valence-corrected chi connectivity index (χ3v) is 3.37. The summed E-state index contributed by atoms with van der Waals surface area (Å²) in [6, 6.07) is 12.1. The summed E-state index contributed by atoms with van der Waals surface area (Å²) in [6.07, 6.45) is 1.46. The molecule has 24 heavy (non-hydrogen) atoms. The minimum absolute atomic E-state index is 0.330. The van der Waals surface area contributed by atoms with E-state index in [4.69, 9.17) is 26.8 Å². The molecule has 0 fully saturated rings. The zero-order valence-electron chi connectivity index (χ0n) is 13.2. The number of rotatable bonds is 7. The van der Waals surface area contributed by atoms with E-state index in [0.717, 1.165) is 11.1 Å². The van der Waals surface area contributed by atoms with Crippen LogP contribution in [0.5, 0.6) is 11.5 Å². The number of ether oxygens (including phenoxy) is 2. The van der Waals surface area contributed by atoms with Gasteiger partial charge in [0.2, 0.25) is 0 Å². The second-order valence-electron chi connectivity index (χ2n) is 4.75. The van der Waals surface area contributed by atoms with Crippen molar-refractivity contribution in [1.29, 1.82) is 0 Å². The van der Waals surface area contributed by atoms with Gasteiger partial charge in [-0.3, -0.25) is 0 Å². The fourth-order valence-corrected chi connectivity index (χ4v) is 2.12. The van der Waals surface area contributed by atoms with Crippen molar-refractivity contribution in [2.45, 2.75) is 13.5 Å². The van der Waals surface area contributed by atoms with Gasteiger partial charge < -0.3 is 15.2 Å². The zero-order valence-corrected chi connectivity index (χ0v) is 13.9. The molecule has 0 spiro atoms. The molecule has 0 aliphatic heterocycles. The smallest absolute Gasteiger partial charge is 0.332 e. The maximum Gasteiger partial charge on any atom is 0.332 e. The van der Waals surface area contributed by atoms with Crippen molar-refractivity contribution in [2.75, 3.05) is 6.61 Å². The van der Waals surface area contributed by atoms with Crippen LogP contribution in [-0.2, 0) is 6.61 Å². The van der Waals surface area contributed by atoms with Crippen LogP contribution in [0.2, 0.25) is 5.02 Å². The molecular formula is C17H18ClN3O3. The Balaban J connectivity index is 2.12. The third kappa shape index (κ3) is 5.17. The minimum atomic E-state index is -0.726. The van der Waals surface area contributed by atoms with Crippen LogP contribution >= 0.6 is 11.6 Å². The molecule has 0 saturated heterocycles. The Hall–Kier alpha value is -2.73. The number of nitrogens with one attached hydrogen (secondary N) is 1. The monoisotopic (exact) mass is 347 g/mol. The first kappa shape index (κ1) is 17.6. The molecule has 126 valence electrons.